The van der Waals surface area contributed by atoms with Gasteiger partial charge in [-0.15, -0.1) is 0 Å². The maximum atomic E-state index is 6.03. The van der Waals surface area contributed by atoms with E-state index in [1.54, 1.807) is 0 Å². The standard InChI is InChI=1S/C15H28N2OS/c1-4-7-13-11-16-14(19-13)17-12-8-9-18-15(5-2,6-3)10-12/h12-13H,4-11H2,1-3H3,(H,16,17). The summed E-state index contributed by atoms with van der Waals surface area (Å²) in [6.45, 7) is 8.61. The van der Waals surface area contributed by atoms with E-state index in [-0.39, 0.29) is 5.60 Å². The minimum Gasteiger partial charge on any atom is -0.375 e. The normalized spacial score (nSPS) is 30.2. The minimum atomic E-state index is 0.0998. The Morgan fingerprint density at radius 3 is 2.84 bits per heavy atom. The molecule has 1 fully saturated rings. The molecule has 2 unspecified atom stereocenters. The van der Waals surface area contributed by atoms with E-state index in [0.717, 1.165) is 38.8 Å². The maximum Gasteiger partial charge on any atom is 0.157 e. The van der Waals surface area contributed by atoms with Crippen LogP contribution in [0.3, 0.4) is 0 Å². The molecule has 0 aromatic rings. The van der Waals surface area contributed by atoms with Crippen molar-refractivity contribution in [1.82, 2.24) is 5.32 Å². The summed E-state index contributed by atoms with van der Waals surface area (Å²) in [7, 11) is 0. The molecule has 3 nitrogen and oxygen atoms in total. The van der Waals surface area contributed by atoms with Gasteiger partial charge in [-0.25, -0.2) is 0 Å². The fraction of sp³-hybridized carbons (Fsp3) is 0.933. The SMILES string of the molecule is CCCC1CN=C(NC2CCOC(CC)(CC)C2)S1. The van der Waals surface area contributed by atoms with E-state index in [0.29, 0.717) is 11.3 Å². The van der Waals surface area contributed by atoms with Crippen molar-refractivity contribution in [2.45, 2.75) is 76.2 Å². The summed E-state index contributed by atoms with van der Waals surface area (Å²) < 4.78 is 6.03. The van der Waals surface area contributed by atoms with E-state index in [2.05, 4.69) is 31.1 Å². The summed E-state index contributed by atoms with van der Waals surface area (Å²) in [5, 5.41) is 5.54. The smallest absolute Gasteiger partial charge is 0.157 e. The van der Waals surface area contributed by atoms with Crippen LogP contribution in [-0.2, 0) is 4.74 Å². The van der Waals surface area contributed by atoms with Gasteiger partial charge in [0.15, 0.2) is 5.17 Å². The highest BCUT2D eigenvalue weighted by Crippen LogP contribution is 2.32. The Hall–Kier alpha value is -0.220. The number of nitrogens with one attached hydrogen (secondary N) is 1. The van der Waals surface area contributed by atoms with Crippen LogP contribution in [0.2, 0.25) is 0 Å². The second kappa shape index (κ2) is 6.98. The predicted molar refractivity (Wildman–Crippen MR) is 84.0 cm³/mol. The Balaban J connectivity index is 1.83. The van der Waals surface area contributed by atoms with Crippen molar-refractivity contribution < 1.29 is 4.74 Å². The lowest BCUT2D eigenvalue weighted by atomic mass is 9.86. The molecule has 1 N–H and O–H groups in total. The van der Waals surface area contributed by atoms with Gasteiger partial charge in [0.25, 0.3) is 0 Å². The van der Waals surface area contributed by atoms with Crippen LogP contribution >= 0.6 is 11.8 Å². The van der Waals surface area contributed by atoms with Gasteiger partial charge in [0.1, 0.15) is 0 Å². The van der Waals surface area contributed by atoms with Crippen molar-refractivity contribution in [3.8, 4) is 0 Å². The highest BCUT2D eigenvalue weighted by molar-refractivity contribution is 8.14. The molecule has 0 amide bonds. The van der Waals surface area contributed by atoms with Gasteiger partial charge >= 0.3 is 0 Å². The van der Waals surface area contributed by atoms with Crippen molar-refractivity contribution in [2.24, 2.45) is 4.99 Å². The Morgan fingerprint density at radius 2 is 2.16 bits per heavy atom. The lowest BCUT2D eigenvalue weighted by Crippen LogP contribution is -2.47. The van der Waals surface area contributed by atoms with Gasteiger partial charge in [-0.3, -0.25) is 4.99 Å². The van der Waals surface area contributed by atoms with Crippen molar-refractivity contribution in [1.29, 1.82) is 0 Å². The zero-order valence-electron chi connectivity index (χ0n) is 12.6. The third-order valence-corrected chi connectivity index (χ3v) is 5.63. The van der Waals surface area contributed by atoms with Crippen molar-refractivity contribution in [2.75, 3.05) is 13.2 Å². The zero-order valence-corrected chi connectivity index (χ0v) is 13.4. The second-order valence-corrected chi connectivity index (χ2v) is 7.04. The first-order chi connectivity index (χ1) is 9.21. The lowest BCUT2D eigenvalue weighted by Gasteiger charge is -2.40. The maximum absolute atomic E-state index is 6.03. The number of amidine groups is 1. The zero-order chi connectivity index (χ0) is 13.7. The van der Waals surface area contributed by atoms with Crippen molar-refractivity contribution >= 4 is 16.9 Å². The van der Waals surface area contributed by atoms with Crippen molar-refractivity contribution in [3.63, 3.8) is 0 Å². The van der Waals surface area contributed by atoms with Gasteiger partial charge in [-0.1, -0.05) is 39.0 Å². The average Bonchev–Trinajstić information content (AvgIpc) is 2.87. The molecule has 0 saturated carbocycles. The molecule has 0 aromatic carbocycles. The molecular weight excluding hydrogens is 256 g/mol. The second-order valence-electron chi connectivity index (χ2n) is 5.75. The average molecular weight is 284 g/mol. The van der Waals surface area contributed by atoms with Gasteiger partial charge < -0.3 is 10.1 Å². The van der Waals surface area contributed by atoms with E-state index < -0.39 is 0 Å². The van der Waals surface area contributed by atoms with Gasteiger partial charge in [-0.05, 0) is 32.1 Å². The molecule has 19 heavy (non-hydrogen) atoms. The van der Waals surface area contributed by atoms with Gasteiger partial charge in [0, 0.05) is 17.9 Å². The summed E-state index contributed by atoms with van der Waals surface area (Å²) in [6, 6.07) is 0.542. The summed E-state index contributed by atoms with van der Waals surface area (Å²) in [6.07, 6.45) is 6.99. The molecule has 0 spiro atoms. The predicted octanol–water partition coefficient (Wildman–Crippen LogP) is 3.59. The van der Waals surface area contributed by atoms with E-state index >= 15 is 0 Å². The number of hydrogen-bond donors (Lipinski definition) is 1. The number of hydrogen-bond acceptors (Lipinski definition) is 4. The quantitative estimate of drug-likeness (QED) is 0.837. The molecular formula is C15H28N2OS. The molecule has 0 aliphatic carbocycles. The summed E-state index contributed by atoms with van der Waals surface area (Å²) in [5.74, 6) is 0. The summed E-state index contributed by atoms with van der Waals surface area (Å²) in [4.78, 5) is 4.66. The molecule has 2 atom stereocenters. The number of rotatable bonds is 5. The molecule has 0 radical (unpaired) electrons. The van der Waals surface area contributed by atoms with Crippen LogP contribution in [0, 0.1) is 0 Å². The highest BCUT2D eigenvalue weighted by Gasteiger charge is 2.35. The van der Waals surface area contributed by atoms with Gasteiger partial charge in [0.05, 0.1) is 12.1 Å². The fourth-order valence-corrected chi connectivity index (χ4v) is 4.24. The van der Waals surface area contributed by atoms with Crippen molar-refractivity contribution in [3.05, 3.63) is 0 Å². The van der Waals surface area contributed by atoms with E-state index in [1.165, 1.54) is 18.0 Å². The molecule has 0 bridgehead atoms. The topological polar surface area (TPSA) is 33.6 Å². The number of aliphatic imine (C=N–C) groups is 1. The molecule has 110 valence electrons. The molecule has 0 aromatic heterocycles. The van der Waals surface area contributed by atoms with Crippen LogP contribution in [0.5, 0.6) is 0 Å². The van der Waals surface area contributed by atoms with Crippen LogP contribution in [0.4, 0.5) is 0 Å². The molecule has 1 saturated heterocycles. The van der Waals surface area contributed by atoms with E-state index in [9.17, 15) is 0 Å². The fourth-order valence-electron chi connectivity index (χ4n) is 3.04. The number of ether oxygens (including phenoxy) is 1. The molecule has 2 aliphatic rings. The first-order valence-corrected chi connectivity index (χ1v) is 8.71. The van der Waals surface area contributed by atoms with Crippen LogP contribution < -0.4 is 5.32 Å². The van der Waals surface area contributed by atoms with Gasteiger partial charge in [0.2, 0.25) is 0 Å². The van der Waals surface area contributed by atoms with Gasteiger partial charge in [-0.2, -0.15) is 0 Å². The van der Waals surface area contributed by atoms with E-state index in [4.69, 9.17) is 4.74 Å². The highest BCUT2D eigenvalue weighted by atomic mass is 32.2. The largest absolute Gasteiger partial charge is 0.375 e. The van der Waals surface area contributed by atoms with Crippen LogP contribution in [-0.4, -0.2) is 35.2 Å². The Labute approximate surface area is 122 Å². The Kier molecular flexibility index (Phi) is 5.58. The van der Waals surface area contributed by atoms with Crippen LogP contribution in [0.25, 0.3) is 0 Å². The summed E-state index contributed by atoms with van der Waals surface area (Å²) >= 11 is 1.94. The lowest BCUT2D eigenvalue weighted by molar-refractivity contribution is -0.0909. The Bertz CT molecular complexity index is 315. The Morgan fingerprint density at radius 1 is 1.37 bits per heavy atom. The van der Waals surface area contributed by atoms with Crippen LogP contribution in [0.1, 0.15) is 59.3 Å². The van der Waals surface area contributed by atoms with Crippen LogP contribution in [0.15, 0.2) is 4.99 Å². The molecule has 4 heteroatoms. The first-order valence-electron chi connectivity index (χ1n) is 7.83. The third kappa shape index (κ3) is 3.88. The van der Waals surface area contributed by atoms with E-state index in [1.807, 2.05) is 11.8 Å². The minimum absolute atomic E-state index is 0.0998. The molecule has 2 aliphatic heterocycles. The number of thioether (sulfide) groups is 1. The number of nitrogens with zero attached hydrogens (tertiary/aromatic N) is 1. The molecule has 2 heterocycles. The third-order valence-electron chi connectivity index (χ3n) is 4.44. The molecule has 2 rings (SSSR count). The monoisotopic (exact) mass is 284 g/mol. The summed E-state index contributed by atoms with van der Waals surface area (Å²) in [5.41, 5.74) is 0.0998. The first kappa shape index (κ1) is 15.2.